The summed E-state index contributed by atoms with van der Waals surface area (Å²) >= 11 is 0. The van der Waals surface area contributed by atoms with E-state index in [0.717, 1.165) is 24.3 Å². The highest BCUT2D eigenvalue weighted by atomic mass is 16.5. The maximum absolute atomic E-state index is 5.74. The molecule has 104 valence electrons. The van der Waals surface area contributed by atoms with E-state index in [9.17, 15) is 0 Å². The number of rotatable bonds is 3. The smallest absolute Gasteiger partial charge is 0.138 e. The maximum Gasteiger partial charge on any atom is 0.138 e. The molecule has 1 aliphatic rings. The van der Waals surface area contributed by atoms with E-state index in [-0.39, 0.29) is 12.1 Å². The molecule has 1 aliphatic heterocycles. The number of aromatic nitrogens is 1. The number of ether oxygens (including phenoxy) is 1. The molecule has 1 N–H and O–H groups in total. The molecule has 1 aromatic carbocycles. The molecule has 0 saturated heterocycles. The van der Waals surface area contributed by atoms with E-state index >= 15 is 0 Å². The van der Waals surface area contributed by atoms with Crippen molar-refractivity contribution in [3.63, 3.8) is 0 Å². The number of nitrogens with one attached hydrogen (secondary N) is 1. The van der Waals surface area contributed by atoms with Crippen molar-refractivity contribution in [2.24, 2.45) is 0 Å². The molecule has 0 amide bonds. The van der Waals surface area contributed by atoms with Crippen molar-refractivity contribution in [1.82, 2.24) is 10.3 Å². The van der Waals surface area contributed by atoms with Gasteiger partial charge in [0.15, 0.2) is 0 Å². The van der Waals surface area contributed by atoms with E-state index in [1.54, 1.807) is 6.20 Å². The van der Waals surface area contributed by atoms with E-state index in [4.69, 9.17) is 4.74 Å². The molecule has 1 unspecified atom stereocenters. The van der Waals surface area contributed by atoms with E-state index < -0.39 is 0 Å². The zero-order valence-corrected chi connectivity index (χ0v) is 12.0. The minimum Gasteiger partial charge on any atom is -0.489 e. The monoisotopic (exact) mass is 268 g/mol. The van der Waals surface area contributed by atoms with Gasteiger partial charge in [0.2, 0.25) is 0 Å². The lowest BCUT2D eigenvalue weighted by Crippen LogP contribution is -2.30. The summed E-state index contributed by atoms with van der Waals surface area (Å²) in [5.74, 6) is 0.836. The van der Waals surface area contributed by atoms with Crippen LogP contribution in [-0.4, -0.2) is 17.6 Å². The minimum atomic E-state index is 0.165. The molecule has 0 saturated carbocycles. The maximum atomic E-state index is 5.74. The Kier molecular flexibility index (Phi) is 3.70. The number of pyridine rings is 1. The van der Waals surface area contributed by atoms with Gasteiger partial charge >= 0.3 is 0 Å². The van der Waals surface area contributed by atoms with Crippen LogP contribution in [-0.2, 0) is 6.42 Å². The van der Waals surface area contributed by atoms with Gasteiger partial charge < -0.3 is 10.1 Å². The van der Waals surface area contributed by atoms with E-state index in [1.165, 1.54) is 11.1 Å². The Morgan fingerprint density at radius 3 is 2.95 bits per heavy atom. The number of hydrogen-bond acceptors (Lipinski definition) is 3. The second-order valence-corrected chi connectivity index (χ2v) is 5.46. The van der Waals surface area contributed by atoms with Crippen molar-refractivity contribution in [3.8, 4) is 5.75 Å². The van der Waals surface area contributed by atoms with E-state index in [0.29, 0.717) is 0 Å². The molecule has 20 heavy (non-hydrogen) atoms. The molecule has 0 spiro atoms. The molecule has 1 aromatic heterocycles. The van der Waals surface area contributed by atoms with Gasteiger partial charge in [-0.2, -0.15) is 0 Å². The lowest BCUT2D eigenvalue weighted by atomic mass is 9.90. The molecule has 0 bridgehead atoms. The highest BCUT2D eigenvalue weighted by Crippen LogP contribution is 2.29. The van der Waals surface area contributed by atoms with Crippen molar-refractivity contribution in [1.29, 1.82) is 0 Å². The van der Waals surface area contributed by atoms with Crippen molar-refractivity contribution in [2.45, 2.75) is 32.4 Å². The third kappa shape index (κ3) is 2.68. The van der Waals surface area contributed by atoms with Gasteiger partial charge in [0.25, 0.3) is 0 Å². The van der Waals surface area contributed by atoms with E-state index in [2.05, 4.69) is 40.6 Å². The molecule has 0 aliphatic carbocycles. The Labute approximate surface area is 120 Å². The highest BCUT2D eigenvalue weighted by Gasteiger charge is 2.21. The highest BCUT2D eigenvalue weighted by molar-refractivity contribution is 5.40. The summed E-state index contributed by atoms with van der Waals surface area (Å²) in [6, 6.07) is 10.9. The Balaban J connectivity index is 1.94. The van der Waals surface area contributed by atoms with Crippen LogP contribution in [0.1, 0.15) is 36.6 Å². The second kappa shape index (κ2) is 5.63. The van der Waals surface area contributed by atoms with Crippen molar-refractivity contribution in [2.75, 3.05) is 6.54 Å². The third-order valence-corrected chi connectivity index (χ3v) is 3.55. The van der Waals surface area contributed by atoms with Crippen LogP contribution in [0.3, 0.4) is 0 Å². The number of benzene rings is 1. The normalized spacial score (nSPS) is 17.9. The molecule has 1 atom stereocenters. The van der Waals surface area contributed by atoms with Crippen LogP contribution in [0.5, 0.6) is 5.75 Å². The van der Waals surface area contributed by atoms with Crippen LogP contribution < -0.4 is 10.1 Å². The minimum absolute atomic E-state index is 0.165. The fourth-order valence-corrected chi connectivity index (χ4v) is 2.73. The first kappa shape index (κ1) is 13.1. The van der Waals surface area contributed by atoms with Gasteiger partial charge in [-0.1, -0.05) is 24.3 Å². The summed E-state index contributed by atoms with van der Waals surface area (Å²) < 4.78 is 5.74. The predicted octanol–water partition coefficient (Wildman–Crippen LogP) is 3.10. The summed E-state index contributed by atoms with van der Waals surface area (Å²) in [7, 11) is 0. The molecule has 3 rings (SSSR count). The summed E-state index contributed by atoms with van der Waals surface area (Å²) in [6.45, 7) is 5.05. The van der Waals surface area contributed by atoms with Gasteiger partial charge in [-0.15, -0.1) is 0 Å². The molecular weight excluding hydrogens is 248 g/mol. The Bertz CT molecular complexity index is 595. The average molecular weight is 268 g/mol. The number of hydrogen-bond donors (Lipinski definition) is 1. The standard InChI is InChI=1S/C17H20N2O/c1-12(2)20-15-9-14(10-18-11-15)17-16-6-4-3-5-13(16)7-8-19-17/h3-6,9-12,17,19H,7-8H2,1-2H3. The predicted molar refractivity (Wildman–Crippen MR) is 80.0 cm³/mol. The van der Waals surface area contributed by atoms with Gasteiger partial charge in [0.05, 0.1) is 18.3 Å². The Morgan fingerprint density at radius 1 is 1.25 bits per heavy atom. The molecule has 0 radical (unpaired) electrons. The SMILES string of the molecule is CC(C)Oc1cncc(C2NCCc3ccccc32)c1. The van der Waals surface area contributed by atoms with Crippen molar-refractivity contribution < 1.29 is 4.74 Å². The molecule has 2 aromatic rings. The lowest BCUT2D eigenvalue weighted by molar-refractivity contribution is 0.241. The van der Waals surface area contributed by atoms with Crippen LogP contribution in [0.25, 0.3) is 0 Å². The molecular formula is C17H20N2O. The summed E-state index contributed by atoms with van der Waals surface area (Å²) in [5, 5.41) is 3.58. The van der Waals surface area contributed by atoms with Crippen LogP contribution >= 0.6 is 0 Å². The second-order valence-electron chi connectivity index (χ2n) is 5.46. The zero-order valence-electron chi connectivity index (χ0n) is 12.0. The first-order valence-electron chi connectivity index (χ1n) is 7.17. The van der Waals surface area contributed by atoms with Crippen molar-refractivity contribution >= 4 is 0 Å². The van der Waals surface area contributed by atoms with Crippen LogP contribution in [0, 0.1) is 0 Å². The van der Waals surface area contributed by atoms with Gasteiger partial charge in [-0.3, -0.25) is 4.98 Å². The van der Waals surface area contributed by atoms with Crippen LogP contribution in [0.15, 0.2) is 42.7 Å². The molecule has 3 heteroatoms. The largest absolute Gasteiger partial charge is 0.489 e. The molecule has 0 fully saturated rings. The Hall–Kier alpha value is -1.87. The fourth-order valence-electron chi connectivity index (χ4n) is 2.73. The van der Waals surface area contributed by atoms with Crippen molar-refractivity contribution in [3.05, 3.63) is 59.4 Å². The average Bonchev–Trinajstić information content (AvgIpc) is 2.46. The lowest BCUT2D eigenvalue weighted by Gasteiger charge is -2.27. The van der Waals surface area contributed by atoms with Crippen LogP contribution in [0.2, 0.25) is 0 Å². The van der Waals surface area contributed by atoms with Gasteiger partial charge in [-0.05, 0) is 43.0 Å². The summed E-state index contributed by atoms with van der Waals surface area (Å²) in [4.78, 5) is 4.32. The molecule has 2 heterocycles. The number of nitrogens with zero attached hydrogens (tertiary/aromatic N) is 1. The zero-order chi connectivity index (χ0) is 13.9. The third-order valence-electron chi connectivity index (χ3n) is 3.55. The first-order chi connectivity index (χ1) is 9.74. The topological polar surface area (TPSA) is 34.1 Å². The van der Waals surface area contributed by atoms with E-state index in [1.807, 2.05) is 20.0 Å². The Morgan fingerprint density at radius 2 is 2.10 bits per heavy atom. The van der Waals surface area contributed by atoms with Gasteiger partial charge in [-0.25, -0.2) is 0 Å². The molecule has 3 nitrogen and oxygen atoms in total. The summed E-state index contributed by atoms with van der Waals surface area (Å²) in [5.41, 5.74) is 3.93. The van der Waals surface area contributed by atoms with Gasteiger partial charge in [0, 0.05) is 12.7 Å². The fraction of sp³-hybridized carbons (Fsp3) is 0.353. The number of fused-ring (bicyclic) bond motifs is 1. The quantitative estimate of drug-likeness (QED) is 0.928. The van der Waals surface area contributed by atoms with Gasteiger partial charge in [0.1, 0.15) is 5.75 Å². The first-order valence-corrected chi connectivity index (χ1v) is 7.17. The van der Waals surface area contributed by atoms with Crippen LogP contribution in [0.4, 0.5) is 0 Å². The summed E-state index contributed by atoms with van der Waals surface area (Å²) in [6.07, 6.45) is 4.95.